The van der Waals surface area contributed by atoms with Crippen LogP contribution in [-0.4, -0.2) is 35.9 Å². The summed E-state index contributed by atoms with van der Waals surface area (Å²) in [6.45, 7) is 4.00. The van der Waals surface area contributed by atoms with Gasteiger partial charge in [0.25, 0.3) is 0 Å². The molecule has 0 heterocycles. The van der Waals surface area contributed by atoms with Gasteiger partial charge in [0, 0.05) is 20.4 Å². The lowest BCUT2D eigenvalue weighted by molar-refractivity contribution is -0.134. The smallest absolute Gasteiger partial charge is 0.308 e. The van der Waals surface area contributed by atoms with Crippen molar-refractivity contribution in [3.05, 3.63) is 22.7 Å². The van der Waals surface area contributed by atoms with Gasteiger partial charge in [0.2, 0.25) is 0 Å². The van der Waals surface area contributed by atoms with Crippen molar-refractivity contribution in [2.75, 3.05) is 13.1 Å². The molecule has 8 heteroatoms. The highest BCUT2D eigenvalue weighted by Gasteiger charge is 2.19. The highest BCUT2D eigenvalue weighted by atomic mass is 35.5. The Bertz CT molecular complexity index is 616. The molecule has 23 heavy (non-hydrogen) atoms. The summed E-state index contributed by atoms with van der Waals surface area (Å²) < 4.78 is 9.91. The summed E-state index contributed by atoms with van der Waals surface area (Å²) in [5.74, 6) is -1.49. The van der Waals surface area contributed by atoms with Gasteiger partial charge < -0.3 is 19.9 Å². The first-order chi connectivity index (χ1) is 10.7. The van der Waals surface area contributed by atoms with Crippen molar-refractivity contribution in [3.63, 3.8) is 0 Å². The van der Waals surface area contributed by atoms with E-state index >= 15 is 0 Å². The number of carbonyl (C=O) groups is 3. The summed E-state index contributed by atoms with van der Waals surface area (Å²) in [7, 11) is 0. The molecule has 0 saturated heterocycles. The predicted molar refractivity (Wildman–Crippen MR) is 82.6 cm³/mol. The Kier molecular flexibility index (Phi) is 7.15. The van der Waals surface area contributed by atoms with Gasteiger partial charge in [-0.25, -0.2) is 0 Å². The van der Waals surface area contributed by atoms with Crippen LogP contribution in [0.2, 0.25) is 5.02 Å². The molecule has 2 N–H and O–H groups in total. The molecule has 0 fully saturated rings. The maximum absolute atomic E-state index is 11.2. The van der Waals surface area contributed by atoms with Crippen LogP contribution in [0.25, 0.3) is 0 Å². The van der Waals surface area contributed by atoms with E-state index in [4.69, 9.17) is 21.1 Å². The normalized spacial score (nSPS) is 11.7. The average Bonchev–Trinajstić information content (AvgIpc) is 2.40. The number of halogens is 1. The van der Waals surface area contributed by atoms with Crippen LogP contribution >= 0.6 is 11.6 Å². The minimum atomic E-state index is -0.993. The number of benzene rings is 1. The number of ketones is 1. The summed E-state index contributed by atoms with van der Waals surface area (Å²) >= 11 is 6.04. The van der Waals surface area contributed by atoms with Crippen LogP contribution < -0.4 is 14.8 Å². The average molecular weight is 344 g/mol. The lowest BCUT2D eigenvalue weighted by Gasteiger charge is -2.16. The molecule has 0 bridgehead atoms. The third kappa shape index (κ3) is 6.35. The Labute approximate surface area is 138 Å². The third-order valence-corrected chi connectivity index (χ3v) is 2.91. The fourth-order valence-corrected chi connectivity index (χ4v) is 2.01. The van der Waals surface area contributed by atoms with Crippen molar-refractivity contribution < 1.29 is 29.0 Å². The van der Waals surface area contributed by atoms with E-state index in [1.165, 1.54) is 32.9 Å². The Morgan fingerprint density at radius 3 is 2.30 bits per heavy atom. The van der Waals surface area contributed by atoms with E-state index < -0.39 is 18.0 Å². The second-order valence-corrected chi connectivity index (χ2v) is 5.27. The molecular weight excluding hydrogens is 326 g/mol. The molecule has 7 nitrogen and oxygen atoms in total. The minimum absolute atomic E-state index is 0.0135. The summed E-state index contributed by atoms with van der Waals surface area (Å²) in [6.07, 6.45) is -0.993. The van der Waals surface area contributed by atoms with Crippen molar-refractivity contribution in [1.82, 2.24) is 5.32 Å². The first kappa shape index (κ1) is 19.1. The van der Waals surface area contributed by atoms with Gasteiger partial charge in [-0.15, -0.1) is 0 Å². The van der Waals surface area contributed by atoms with E-state index in [0.29, 0.717) is 5.56 Å². The van der Waals surface area contributed by atoms with Crippen LogP contribution in [0.5, 0.6) is 11.5 Å². The monoisotopic (exact) mass is 343 g/mol. The Morgan fingerprint density at radius 1 is 1.17 bits per heavy atom. The quantitative estimate of drug-likeness (QED) is 0.570. The van der Waals surface area contributed by atoms with Crippen LogP contribution in [0, 0.1) is 0 Å². The Morgan fingerprint density at radius 2 is 1.78 bits per heavy atom. The number of aliphatic hydroxyl groups is 1. The highest BCUT2D eigenvalue weighted by Crippen LogP contribution is 2.38. The number of rotatable bonds is 7. The number of nitrogens with one attached hydrogen (secondary N) is 1. The Hall–Kier alpha value is -1.96. The van der Waals surface area contributed by atoms with E-state index in [1.54, 1.807) is 0 Å². The van der Waals surface area contributed by atoms with E-state index in [-0.39, 0.29) is 35.4 Å². The first-order valence-corrected chi connectivity index (χ1v) is 7.17. The first-order valence-electron chi connectivity index (χ1n) is 6.79. The standard InChI is InChI=1S/C15H18ClNO6/c1-8(18)6-17-7-13(21)11-4-12(16)15(23-10(3)20)14(5-11)22-9(2)19/h4-5,13,17,21H,6-7H2,1-3H3/t13-/m0/s1. The molecular formula is C15H18ClNO6. The number of hydrogen-bond acceptors (Lipinski definition) is 7. The van der Waals surface area contributed by atoms with Gasteiger partial charge >= 0.3 is 11.9 Å². The van der Waals surface area contributed by atoms with E-state index in [2.05, 4.69) is 5.32 Å². The number of esters is 2. The second-order valence-electron chi connectivity index (χ2n) is 4.87. The molecule has 0 aliphatic carbocycles. The molecule has 1 aromatic carbocycles. The molecule has 1 aromatic rings. The topological polar surface area (TPSA) is 102 Å². The van der Waals surface area contributed by atoms with Gasteiger partial charge in [0.1, 0.15) is 5.78 Å². The number of Topliss-reactive ketones (excluding diaryl/α,β-unsaturated/α-hetero) is 1. The highest BCUT2D eigenvalue weighted by molar-refractivity contribution is 6.32. The van der Waals surface area contributed by atoms with Gasteiger partial charge in [-0.05, 0) is 24.6 Å². The zero-order valence-corrected chi connectivity index (χ0v) is 13.8. The SMILES string of the molecule is CC(=O)CNC[C@H](O)c1cc(Cl)c(OC(C)=O)c(OC(C)=O)c1. The zero-order chi connectivity index (χ0) is 17.6. The van der Waals surface area contributed by atoms with E-state index in [0.717, 1.165) is 0 Å². The van der Waals surface area contributed by atoms with Crippen molar-refractivity contribution in [1.29, 1.82) is 0 Å². The number of ether oxygens (including phenoxy) is 2. The van der Waals surface area contributed by atoms with Gasteiger partial charge in [-0.2, -0.15) is 0 Å². The van der Waals surface area contributed by atoms with Gasteiger partial charge in [-0.1, -0.05) is 11.6 Å². The number of carbonyl (C=O) groups excluding carboxylic acids is 3. The molecule has 126 valence electrons. The van der Waals surface area contributed by atoms with Gasteiger partial charge in [-0.3, -0.25) is 14.4 Å². The molecule has 0 aromatic heterocycles. The van der Waals surface area contributed by atoms with Crippen molar-refractivity contribution in [3.8, 4) is 11.5 Å². The van der Waals surface area contributed by atoms with Crippen LogP contribution in [0.3, 0.4) is 0 Å². The summed E-state index contributed by atoms with van der Waals surface area (Å²) in [6, 6.07) is 2.75. The molecule has 1 rings (SSSR count). The van der Waals surface area contributed by atoms with Crippen LogP contribution in [0.4, 0.5) is 0 Å². The molecule has 0 saturated carbocycles. The van der Waals surface area contributed by atoms with Crippen LogP contribution in [-0.2, 0) is 14.4 Å². The molecule has 0 spiro atoms. The predicted octanol–water partition coefficient (Wildman–Crippen LogP) is 1.40. The van der Waals surface area contributed by atoms with E-state index in [1.807, 2.05) is 0 Å². The largest absolute Gasteiger partial charge is 0.423 e. The second kappa shape index (κ2) is 8.61. The molecule has 0 aliphatic rings. The third-order valence-electron chi connectivity index (χ3n) is 2.63. The summed E-state index contributed by atoms with van der Waals surface area (Å²) in [5, 5.41) is 12.9. The molecule has 0 radical (unpaired) electrons. The molecule has 0 unspecified atom stereocenters. The van der Waals surface area contributed by atoms with Crippen molar-refractivity contribution >= 4 is 29.3 Å². The van der Waals surface area contributed by atoms with Crippen LogP contribution in [0.15, 0.2) is 12.1 Å². The van der Waals surface area contributed by atoms with Crippen molar-refractivity contribution in [2.24, 2.45) is 0 Å². The van der Waals surface area contributed by atoms with Gasteiger partial charge in [0.15, 0.2) is 11.5 Å². The van der Waals surface area contributed by atoms with Gasteiger partial charge in [0.05, 0.1) is 17.7 Å². The lowest BCUT2D eigenvalue weighted by Crippen LogP contribution is -2.26. The summed E-state index contributed by atoms with van der Waals surface area (Å²) in [5.41, 5.74) is 0.346. The number of aliphatic hydroxyl groups excluding tert-OH is 1. The summed E-state index contributed by atoms with van der Waals surface area (Å²) in [4.78, 5) is 33.2. The van der Waals surface area contributed by atoms with Crippen molar-refractivity contribution in [2.45, 2.75) is 26.9 Å². The minimum Gasteiger partial charge on any atom is -0.423 e. The lowest BCUT2D eigenvalue weighted by atomic mass is 10.1. The maximum Gasteiger partial charge on any atom is 0.308 e. The zero-order valence-electron chi connectivity index (χ0n) is 13.0. The fourth-order valence-electron chi connectivity index (χ4n) is 1.76. The molecule has 0 amide bonds. The fraction of sp³-hybridized carbons (Fsp3) is 0.400. The molecule has 1 atom stereocenters. The van der Waals surface area contributed by atoms with Crippen LogP contribution in [0.1, 0.15) is 32.4 Å². The number of hydrogen-bond donors (Lipinski definition) is 2. The maximum atomic E-state index is 11.2. The Balaban J connectivity index is 3.05. The van der Waals surface area contributed by atoms with E-state index in [9.17, 15) is 19.5 Å². The molecule has 0 aliphatic heterocycles.